The molecule has 0 amide bonds. The third kappa shape index (κ3) is 1.75. The minimum atomic E-state index is -0.337. The lowest BCUT2D eigenvalue weighted by Gasteiger charge is -2.08. The first-order chi connectivity index (χ1) is 8.70. The van der Waals surface area contributed by atoms with Crippen LogP contribution < -0.4 is 0 Å². The molecule has 5 nitrogen and oxygen atoms in total. The average Bonchev–Trinajstić information content (AvgIpc) is 3.16. The Bertz CT molecular complexity index is 601. The summed E-state index contributed by atoms with van der Waals surface area (Å²) in [5, 5.41) is 8.38. The Kier molecular flexibility index (Phi) is 2.54. The molecule has 2 heterocycles. The summed E-state index contributed by atoms with van der Waals surface area (Å²) < 4.78 is 6.63. The number of hydrogen-bond donors (Lipinski definition) is 0. The van der Waals surface area contributed by atoms with Crippen LogP contribution in [-0.4, -0.2) is 27.7 Å². The van der Waals surface area contributed by atoms with Crippen LogP contribution >= 0.6 is 0 Å². The van der Waals surface area contributed by atoms with Gasteiger partial charge in [0.2, 0.25) is 0 Å². The summed E-state index contributed by atoms with van der Waals surface area (Å²) in [5.74, 6) is 1.68. The molecule has 0 saturated heterocycles. The zero-order valence-electron chi connectivity index (χ0n) is 10.5. The van der Waals surface area contributed by atoms with Gasteiger partial charge in [-0.05, 0) is 30.9 Å². The summed E-state index contributed by atoms with van der Waals surface area (Å²) in [6.07, 6.45) is 4.27. The third-order valence-electron chi connectivity index (χ3n) is 3.59. The highest BCUT2D eigenvalue weighted by Crippen LogP contribution is 2.41. The van der Waals surface area contributed by atoms with Gasteiger partial charge in [0.1, 0.15) is 5.82 Å². The molecule has 3 rings (SSSR count). The highest BCUT2D eigenvalue weighted by molar-refractivity contribution is 5.89. The van der Waals surface area contributed by atoms with E-state index in [0.717, 1.165) is 11.5 Å². The number of carbonyl (C=O) groups is 1. The number of ether oxygens (including phenoxy) is 1. The second kappa shape index (κ2) is 4.08. The molecule has 1 aliphatic carbocycles. The molecule has 1 aliphatic rings. The van der Waals surface area contributed by atoms with Crippen LogP contribution in [0.1, 0.15) is 41.9 Å². The van der Waals surface area contributed by atoms with Gasteiger partial charge in [-0.2, -0.15) is 0 Å². The van der Waals surface area contributed by atoms with Gasteiger partial charge in [-0.15, -0.1) is 10.2 Å². The van der Waals surface area contributed by atoms with Crippen molar-refractivity contribution in [2.45, 2.75) is 25.7 Å². The maximum absolute atomic E-state index is 11.5. The van der Waals surface area contributed by atoms with Crippen LogP contribution in [0.5, 0.6) is 0 Å². The molecule has 0 aromatic carbocycles. The van der Waals surface area contributed by atoms with Gasteiger partial charge in [-0.1, -0.05) is 6.92 Å². The lowest BCUT2D eigenvalue weighted by atomic mass is 10.1. The van der Waals surface area contributed by atoms with E-state index in [9.17, 15) is 4.79 Å². The van der Waals surface area contributed by atoms with Crippen molar-refractivity contribution in [1.29, 1.82) is 0 Å². The van der Waals surface area contributed by atoms with E-state index in [4.69, 9.17) is 4.74 Å². The Morgan fingerprint density at radius 3 is 2.89 bits per heavy atom. The van der Waals surface area contributed by atoms with Gasteiger partial charge in [0.15, 0.2) is 5.65 Å². The Labute approximate surface area is 105 Å². The number of fused-ring (bicyclic) bond motifs is 1. The number of esters is 1. The van der Waals surface area contributed by atoms with Crippen LogP contribution in [0.4, 0.5) is 0 Å². The fraction of sp³-hybridized carbons (Fsp3) is 0.462. The lowest BCUT2D eigenvalue weighted by Crippen LogP contribution is -2.06. The molecule has 2 aromatic rings. The summed E-state index contributed by atoms with van der Waals surface area (Å²) in [6.45, 7) is 2.17. The molecule has 1 saturated carbocycles. The van der Waals surface area contributed by atoms with Crippen LogP contribution in [-0.2, 0) is 4.74 Å². The Hall–Kier alpha value is -1.91. The molecular formula is C13H15N3O2. The molecule has 94 valence electrons. The number of rotatable bonds is 3. The Morgan fingerprint density at radius 1 is 1.44 bits per heavy atom. The first kappa shape index (κ1) is 11.2. The second-order valence-electron chi connectivity index (χ2n) is 4.82. The summed E-state index contributed by atoms with van der Waals surface area (Å²) in [6, 6.07) is 3.50. The van der Waals surface area contributed by atoms with E-state index in [1.807, 2.05) is 4.40 Å². The van der Waals surface area contributed by atoms with E-state index in [1.54, 1.807) is 18.3 Å². The molecule has 5 heteroatoms. The smallest absolute Gasteiger partial charge is 0.339 e. The minimum absolute atomic E-state index is 0.337. The molecule has 18 heavy (non-hydrogen) atoms. The minimum Gasteiger partial charge on any atom is -0.465 e. The molecule has 0 N–H and O–H groups in total. The molecular weight excluding hydrogens is 230 g/mol. The van der Waals surface area contributed by atoms with Crippen molar-refractivity contribution in [3.63, 3.8) is 0 Å². The molecule has 1 unspecified atom stereocenters. The van der Waals surface area contributed by atoms with E-state index in [0.29, 0.717) is 17.4 Å². The summed E-state index contributed by atoms with van der Waals surface area (Å²) >= 11 is 0. The second-order valence-corrected chi connectivity index (χ2v) is 4.82. The Morgan fingerprint density at radius 2 is 2.22 bits per heavy atom. The Balaban J connectivity index is 2.06. The molecule has 2 aromatic heterocycles. The molecule has 0 spiro atoms. The number of hydrogen-bond acceptors (Lipinski definition) is 4. The van der Waals surface area contributed by atoms with Crippen molar-refractivity contribution >= 4 is 11.6 Å². The predicted molar refractivity (Wildman–Crippen MR) is 65.5 cm³/mol. The summed E-state index contributed by atoms with van der Waals surface area (Å²) in [4.78, 5) is 11.5. The fourth-order valence-corrected chi connectivity index (χ4v) is 2.26. The first-order valence-electron chi connectivity index (χ1n) is 6.13. The van der Waals surface area contributed by atoms with E-state index >= 15 is 0 Å². The van der Waals surface area contributed by atoms with Gasteiger partial charge in [0.05, 0.1) is 12.7 Å². The third-order valence-corrected chi connectivity index (χ3v) is 3.59. The standard InChI is InChI=1S/C13H15N3O2/c1-8(9-3-4-9)12-15-14-11-6-5-10(7-16(11)12)13(17)18-2/h5-9H,3-4H2,1-2H3. The molecule has 0 aliphatic heterocycles. The van der Waals surface area contributed by atoms with E-state index in [2.05, 4.69) is 17.1 Å². The normalized spacial score (nSPS) is 16.8. The maximum atomic E-state index is 11.5. The van der Waals surface area contributed by atoms with Gasteiger partial charge in [0.25, 0.3) is 0 Å². The van der Waals surface area contributed by atoms with E-state index in [1.165, 1.54) is 20.0 Å². The van der Waals surface area contributed by atoms with Crippen molar-refractivity contribution < 1.29 is 9.53 Å². The number of nitrogens with zero attached hydrogens (tertiary/aromatic N) is 3. The van der Waals surface area contributed by atoms with Crippen molar-refractivity contribution in [3.05, 3.63) is 29.7 Å². The van der Waals surface area contributed by atoms with Crippen LogP contribution in [0, 0.1) is 5.92 Å². The van der Waals surface area contributed by atoms with Crippen LogP contribution in [0.25, 0.3) is 5.65 Å². The van der Waals surface area contributed by atoms with Gasteiger partial charge in [0, 0.05) is 12.1 Å². The summed E-state index contributed by atoms with van der Waals surface area (Å²) in [7, 11) is 1.38. The zero-order valence-corrected chi connectivity index (χ0v) is 10.5. The van der Waals surface area contributed by atoms with Crippen molar-refractivity contribution in [2.75, 3.05) is 7.11 Å². The van der Waals surface area contributed by atoms with Gasteiger partial charge in [-0.25, -0.2) is 4.79 Å². The van der Waals surface area contributed by atoms with Crippen LogP contribution in [0.2, 0.25) is 0 Å². The number of aromatic nitrogens is 3. The monoisotopic (exact) mass is 245 g/mol. The maximum Gasteiger partial charge on any atom is 0.339 e. The zero-order chi connectivity index (χ0) is 12.7. The summed E-state index contributed by atoms with van der Waals surface area (Å²) in [5.41, 5.74) is 1.29. The van der Waals surface area contributed by atoms with Crippen molar-refractivity contribution in [2.24, 2.45) is 5.92 Å². The predicted octanol–water partition coefficient (Wildman–Crippen LogP) is 2.03. The topological polar surface area (TPSA) is 56.5 Å². The van der Waals surface area contributed by atoms with Crippen LogP contribution in [0.15, 0.2) is 18.3 Å². The average molecular weight is 245 g/mol. The van der Waals surface area contributed by atoms with Crippen LogP contribution in [0.3, 0.4) is 0 Å². The number of carbonyl (C=O) groups excluding carboxylic acids is 1. The van der Waals surface area contributed by atoms with Crippen molar-refractivity contribution in [3.8, 4) is 0 Å². The quantitative estimate of drug-likeness (QED) is 0.776. The fourth-order valence-electron chi connectivity index (χ4n) is 2.26. The molecule has 0 bridgehead atoms. The van der Waals surface area contributed by atoms with Gasteiger partial charge in [-0.3, -0.25) is 4.40 Å². The number of pyridine rings is 1. The highest BCUT2D eigenvalue weighted by Gasteiger charge is 2.31. The highest BCUT2D eigenvalue weighted by atomic mass is 16.5. The van der Waals surface area contributed by atoms with E-state index < -0.39 is 0 Å². The van der Waals surface area contributed by atoms with E-state index in [-0.39, 0.29) is 5.97 Å². The van der Waals surface area contributed by atoms with Gasteiger partial charge < -0.3 is 4.74 Å². The van der Waals surface area contributed by atoms with Gasteiger partial charge >= 0.3 is 5.97 Å². The SMILES string of the molecule is COC(=O)c1ccc2nnc(C(C)C3CC3)n2c1. The number of methoxy groups -OCH3 is 1. The lowest BCUT2D eigenvalue weighted by molar-refractivity contribution is 0.0600. The first-order valence-corrected chi connectivity index (χ1v) is 6.13. The molecule has 1 atom stereocenters. The molecule has 1 fully saturated rings. The largest absolute Gasteiger partial charge is 0.465 e. The molecule has 0 radical (unpaired) electrons. The van der Waals surface area contributed by atoms with Crippen molar-refractivity contribution in [1.82, 2.24) is 14.6 Å².